The fourth-order valence-electron chi connectivity index (χ4n) is 1.20. The molecule has 0 aromatic carbocycles. The van der Waals surface area contributed by atoms with Crippen molar-refractivity contribution in [2.75, 3.05) is 6.54 Å². The van der Waals surface area contributed by atoms with E-state index in [9.17, 15) is 4.79 Å². The molecule has 1 unspecified atom stereocenters. The zero-order valence-electron chi connectivity index (χ0n) is 5.42. The summed E-state index contributed by atoms with van der Waals surface area (Å²) in [5, 5.41) is 11.6. The van der Waals surface area contributed by atoms with Gasteiger partial charge in [-0.1, -0.05) is 0 Å². The molecule has 0 saturated carbocycles. The quantitative estimate of drug-likeness (QED) is 0.526. The smallest absolute Gasteiger partial charge is 0.308 e. The summed E-state index contributed by atoms with van der Waals surface area (Å²) in [6, 6.07) is 0.155. The lowest BCUT2D eigenvalue weighted by atomic mass is 10.0. The van der Waals surface area contributed by atoms with Crippen LogP contribution in [0.2, 0.25) is 0 Å². The summed E-state index contributed by atoms with van der Waals surface area (Å²) in [6.07, 6.45) is 0.774. The summed E-state index contributed by atoms with van der Waals surface area (Å²) in [4.78, 5) is 10.4. The van der Waals surface area contributed by atoms with Crippen molar-refractivity contribution in [3.63, 3.8) is 0 Å². The van der Waals surface area contributed by atoms with E-state index in [4.69, 9.17) is 5.11 Å². The van der Waals surface area contributed by atoms with Crippen LogP contribution in [0.4, 0.5) is 0 Å². The molecule has 2 N–H and O–H groups in total. The average molecular weight is 129 g/mol. The van der Waals surface area contributed by atoms with E-state index < -0.39 is 5.97 Å². The lowest BCUT2D eigenvalue weighted by molar-refractivity contribution is -0.141. The summed E-state index contributed by atoms with van der Waals surface area (Å²) in [5.41, 5.74) is 0. The second-order valence-corrected chi connectivity index (χ2v) is 2.48. The molecule has 3 nitrogen and oxygen atoms in total. The molecule has 9 heavy (non-hydrogen) atoms. The topological polar surface area (TPSA) is 49.3 Å². The first-order valence-corrected chi connectivity index (χ1v) is 3.18. The van der Waals surface area contributed by atoms with Gasteiger partial charge in [-0.05, 0) is 19.9 Å². The molecule has 0 aliphatic carbocycles. The van der Waals surface area contributed by atoms with Crippen molar-refractivity contribution in [2.45, 2.75) is 19.4 Å². The van der Waals surface area contributed by atoms with E-state index in [-0.39, 0.29) is 12.0 Å². The van der Waals surface area contributed by atoms with Crippen LogP contribution in [0, 0.1) is 5.92 Å². The van der Waals surface area contributed by atoms with E-state index in [1.807, 2.05) is 6.92 Å². The third-order valence-corrected chi connectivity index (χ3v) is 1.84. The summed E-state index contributed by atoms with van der Waals surface area (Å²) in [6.45, 7) is 2.75. The van der Waals surface area contributed by atoms with Crippen molar-refractivity contribution in [3.8, 4) is 0 Å². The lowest BCUT2D eigenvalue weighted by Crippen LogP contribution is -2.27. The van der Waals surface area contributed by atoms with E-state index in [2.05, 4.69) is 5.32 Å². The maximum Gasteiger partial charge on any atom is 0.308 e. The number of nitrogens with one attached hydrogen (secondary N) is 1. The van der Waals surface area contributed by atoms with Gasteiger partial charge in [0.1, 0.15) is 0 Å². The molecular weight excluding hydrogens is 118 g/mol. The molecule has 1 rings (SSSR count). The van der Waals surface area contributed by atoms with Gasteiger partial charge in [-0.2, -0.15) is 0 Å². The van der Waals surface area contributed by atoms with Crippen LogP contribution in [0.3, 0.4) is 0 Å². The second kappa shape index (κ2) is 2.35. The minimum Gasteiger partial charge on any atom is -0.481 e. The van der Waals surface area contributed by atoms with Crippen LogP contribution in [0.5, 0.6) is 0 Å². The fraction of sp³-hybridized carbons (Fsp3) is 0.833. The van der Waals surface area contributed by atoms with Crippen LogP contribution in [-0.4, -0.2) is 23.7 Å². The molecule has 2 atom stereocenters. The van der Waals surface area contributed by atoms with E-state index in [0.29, 0.717) is 0 Å². The standard InChI is InChI=1S/C6H11NO2/c1-4-5(6(8)9)2-3-7-4/h4-5,7H,2-3H2,1H3,(H,8,9)/t4-,5?/m0/s1. The van der Waals surface area contributed by atoms with Crippen LogP contribution >= 0.6 is 0 Å². The number of aliphatic carboxylic acids is 1. The van der Waals surface area contributed by atoms with Gasteiger partial charge in [0.25, 0.3) is 0 Å². The first-order valence-electron chi connectivity index (χ1n) is 3.18. The highest BCUT2D eigenvalue weighted by Crippen LogP contribution is 2.14. The van der Waals surface area contributed by atoms with Gasteiger partial charge in [-0.25, -0.2) is 0 Å². The van der Waals surface area contributed by atoms with Gasteiger partial charge in [0.2, 0.25) is 0 Å². The third kappa shape index (κ3) is 1.21. The Bertz CT molecular complexity index is 124. The average Bonchev–Trinajstić information content (AvgIpc) is 2.13. The molecule has 1 fully saturated rings. The molecule has 0 bridgehead atoms. The van der Waals surface area contributed by atoms with E-state index in [1.165, 1.54) is 0 Å². The molecular formula is C6H11NO2. The Hall–Kier alpha value is -0.570. The highest BCUT2D eigenvalue weighted by atomic mass is 16.4. The Kier molecular flexibility index (Phi) is 1.71. The largest absolute Gasteiger partial charge is 0.481 e. The van der Waals surface area contributed by atoms with Crippen LogP contribution in [0.25, 0.3) is 0 Å². The highest BCUT2D eigenvalue weighted by molar-refractivity contribution is 5.71. The highest BCUT2D eigenvalue weighted by Gasteiger charge is 2.28. The fourth-order valence-corrected chi connectivity index (χ4v) is 1.20. The molecule has 52 valence electrons. The predicted octanol–water partition coefficient (Wildman–Crippen LogP) is 0.0690. The number of hydrogen-bond acceptors (Lipinski definition) is 2. The second-order valence-electron chi connectivity index (χ2n) is 2.48. The summed E-state index contributed by atoms with van der Waals surface area (Å²) in [7, 11) is 0. The number of carboxylic acids is 1. The van der Waals surface area contributed by atoms with Crippen molar-refractivity contribution in [2.24, 2.45) is 5.92 Å². The molecule has 0 aromatic heterocycles. The normalized spacial score (nSPS) is 34.8. The van der Waals surface area contributed by atoms with Crippen LogP contribution < -0.4 is 5.32 Å². The van der Waals surface area contributed by atoms with Crippen molar-refractivity contribution in [3.05, 3.63) is 0 Å². The number of carboxylic acid groups (broad SMARTS) is 1. The maximum atomic E-state index is 10.4. The van der Waals surface area contributed by atoms with Gasteiger partial charge in [0.05, 0.1) is 5.92 Å². The molecule has 1 aliphatic rings. The Balaban J connectivity index is 2.49. The number of hydrogen-bond donors (Lipinski definition) is 2. The monoisotopic (exact) mass is 129 g/mol. The van der Waals surface area contributed by atoms with Gasteiger partial charge < -0.3 is 10.4 Å². The minimum absolute atomic E-state index is 0.155. The lowest BCUT2D eigenvalue weighted by Gasteiger charge is -2.07. The Labute approximate surface area is 54.1 Å². The molecule has 0 aromatic rings. The van der Waals surface area contributed by atoms with Gasteiger partial charge >= 0.3 is 5.97 Å². The summed E-state index contributed by atoms with van der Waals surface area (Å²) < 4.78 is 0. The van der Waals surface area contributed by atoms with E-state index >= 15 is 0 Å². The van der Waals surface area contributed by atoms with Gasteiger partial charge in [0.15, 0.2) is 0 Å². The molecule has 3 heteroatoms. The zero-order valence-corrected chi connectivity index (χ0v) is 5.42. The van der Waals surface area contributed by atoms with Crippen LogP contribution in [0.15, 0.2) is 0 Å². The molecule has 0 amide bonds. The number of rotatable bonds is 1. The minimum atomic E-state index is -0.674. The SMILES string of the molecule is C[C@@H]1NCCC1C(=O)O. The van der Waals surface area contributed by atoms with Crippen LogP contribution in [-0.2, 0) is 4.79 Å². The maximum absolute atomic E-state index is 10.4. The van der Waals surface area contributed by atoms with Crippen molar-refractivity contribution >= 4 is 5.97 Å². The molecule has 1 aliphatic heterocycles. The molecule has 0 radical (unpaired) electrons. The molecule has 1 heterocycles. The first kappa shape index (κ1) is 6.55. The van der Waals surface area contributed by atoms with Gasteiger partial charge in [-0.15, -0.1) is 0 Å². The van der Waals surface area contributed by atoms with Crippen LogP contribution in [0.1, 0.15) is 13.3 Å². The predicted molar refractivity (Wildman–Crippen MR) is 33.2 cm³/mol. The van der Waals surface area contributed by atoms with Gasteiger partial charge in [-0.3, -0.25) is 4.79 Å². The van der Waals surface area contributed by atoms with E-state index in [0.717, 1.165) is 13.0 Å². The zero-order chi connectivity index (χ0) is 6.85. The van der Waals surface area contributed by atoms with Crippen molar-refractivity contribution < 1.29 is 9.90 Å². The Morgan fingerprint density at radius 2 is 2.44 bits per heavy atom. The first-order chi connectivity index (χ1) is 4.22. The van der Waals surface area contributed by atoms with Gasteiger partial charge in [0, 0.05) is 6.04 Å². The summed E-state index contributed by atoms with van der Waals surface area (Å²) >= 11 is 0. The Morgan fingerprint density at radius 1 is 1.78 bits per heavy atom. The van der Waals surface area contributed by atoms with Crippen molar-refractivity contribution in [1.29, 1.82) is 0 Å². The van der Waals surface area contributed by atoms with Crippen molar-refractivity contribution in [1.82, 2.24) is 5.32 Å². The molecule has 1 saturated heterocycles. The Morgan fingerprint density at radius 3 is 2.67 bits per heavy atom. The molecule has 0 spiro atoms. The number of carbonyl (C=O) groups is 1. The summed E-state index contributed by atoms with van der Waals surface area (Å²) in [5.74, 6) is -0.836. The van der Waals surface area contributed by atoms with E-state index in [1.54, 1.807) is 0 Å². The third-order valence-electron chi connectivity index (χ3n) is 1.84.